The van der Waals surface area contributed by atoms with E-state index in [9.17, 15) is 14.0 Å². The third-order valence-electron chi connectivity index (χ3n) is 4.29. The van der Waals surface area contributed by atoms with Crippen molar-refractivity contribution in [3.05, 3.63) is 79.5 Å². The zero-order valence-electron chi connectivity index (χ0n) is 13.8. The lowest BCUT2D eigenvalue weighted by atomic mass is 10.1. The summed E-state index contributed by atoms with van der Waals surface area (Å²) in [6, 6.07) is 7.79. The van der Waals surface area contributed by atoms with Gasteiger partial charge in [-0.25, -0.2) is 9.18 Å². The number of hydrogen-bond acceptors (Lipinski definition) is 4. The summed E-state index contributed by atoms with van der Waals surface area (Å²) in [5, 5.41) is 8.10. The van der Waals surface area contributed by atoms with E-state index in [1.54, 1.807) is 18.2 Å². The number of aromatic amines is 2. The molecule has 1 saturated carbocycles. The largest absolute Gasteiger partial charge is 0.325 e. The van der Waals surface area contributed by atoms with Crippen LogP contribution >= 0.6 is 11.6 Å². The van der Waals surface area contributed by atoms with Gasteiger partial charge in [-0.2, -0.15) is 0 Å². The van der Waals surface area contributed by atoms with Crippen molar-refractivity contribution < 1.29 is 4.39 Å². The summed E-state index contributed by atoms with van der Waals surface area (Å²) in [4.78, 5) is 27.7. The first-order valence-electron chi connectivity index (χ1n) is 8.14. The van der Waals surface area contributed by atoms with Crippen molar-refractivity contribution in [1.29, 1.82) is 0 Å². The highest BCUT2D eigenvalue weighted by Gasteiger charge is 2.39. The average molecular weight is 383 g/mol. The molecule has 27 heavy (non-hydrogen) atoms. The molecule has 0 amide bonds. The molecule has 0 saturated heterocycles. The molecule has 1 fully saturated rings. The first-order valence-corrected chi connectivity index (χ1v) is 8.51. The molecule has 1 aromatic carbocycles. The molecular weight excluding hydrogens is 371 g/mol. The van der Waals surface area contributed by atoms with E-state index in [-0.39, 0.29) is 28.4 Å². The van der Waals surface area contributed by atoms with Crippen LogP contribution in [0.3, 0.4) is 0 Å². The summed E-state index contributed by atoms with van der Waals surface area (Å²) in [7, 11) is 0. The van der Waals surface area contributed by atoms with E-state index >= 15 is 0 Å². The molecule has 0 aliphatic heterocycles. The van der Waals surface area contributed by atoms with E-state index in [2.05, 4.69) is 32.0 Å². The Morgan fingerprint density at radius 2 is 2.07 bits per heavy atom. The summed E-state index contributed by atoms with van der Waals surface area (Å²) in [6.07, 6.45) is 2.08. The van der Waals surface area contributed by atoms with Crippen LogP contribution in [0.5, 0.6) is 0 Å². The zero-order valence-corrected chi connectivity index (χ0v) is 14.5. The van der Waals surface area contributed by atoms with Crippen LogP contribution in [0.25, 0.3) is 11.3 Å². The summed E-state index contributed by atoms with van der Waals surface area (Å²) in [5.41, 5.74) is 0.713. The van der Waals surface area contributed by atoms with Gasteiger partial charge in [-0.05, 0) is 36.2 Å². The second-order valence-electron chi connectivity index (χ2n) is 6.19. The highest BCUT2D eigenvalue weighted by molar-refractivity contribution is 6.30. The molecule has 4 rings (SSSR count). The molecule has 0 bridgehead atoms. The van der Waals surface area contributed by atoms with Crippen molar-refractivity contribution in [2.75, 3.05) is 0 Å². The SMILES string of the molecule is O=c1[nH]cc(-c2cc([C@H]3C[C@@H]3C#Cc3cccc(F)c3)c(Cl)nn2)c(=O)[nH]1. The third-order valence-corrected chi connectivity index (χ3v) is 4.58. The van der Waals surface area contributed by atoms with E-state index in [1.807, 2.05) is 0 Å². The van der Waals surface area contributed by atoms with E-state index in [0.717, 1.165) is 12.0 Å². The lowest BCUT2D eigenvalue weighted by Gasteiger charge is -2.04. The van der Waals surface area contributed by atoms with E-state index < -0.39 is 11.2 Å². The normalized spacial score (nSPS) is 17.9. The fourth-order valence-electron chi connectivity index (χ4n) is 2.82. The van der Waals surface area contributed by atoms with Crippen molar-refractivity contribution in [2.45, 2.75) is 12.3 Å². The maximum atomic E-state index is 13.2. The molecule has 0 unspecified atom stereocenters. The van der Waals surface area contributed by atoms with Crippen LogP contribution in [0.1, 0.15) is 23.5 Å². The highest BCUT2D eigenvalue weighted by atomic mass is 35.5. The number of hydrogen-bond donors (Lipinski definition) is 2. The Kier molecular flexibility index (Phi) is 4.34. The van der Waals surface area contributed by atoms with Crippen molar-refractivity contribution in [1.82, 2.24) is 20.2 Å². The standard InChI is InChI=1S/C19H12ClFN4O2/c20-17-14(8-16(24-25-17)15-9-22-19(27)23-18(15)26)13-7-11(13)5-4-10-2-1-3-12(21)6-10/h1-3,6,8-9,11,13H,7H2,(H2,22,23,26,27)/t11-,13-/m0/s1. The topological polar surface area (TPSA) is 91.5 Å². The fraction of sp³-hybridized carbons (Fsp3) is 0.158. The predicted molar refractivity (Wildman–Crippen MR) is 97.8 cm³/mol. The van der Waals surface area contributed by atoms with Crippen LogP contribution in [-0.2, 0) is 0 Å². The van der Waals surface area contributed by atoms with Gasteiger partial charge < -0.3 is 4.98 Å². The van der Waals surface area contributed by atoms with Gasteiger partial charge in [0.05, 0.1) is 5.56 Å². The van der Waals surface area contributed by atoms with Gasteiger partial charge in [-0.15, -0.1) is 10.2 Å². The van der Waals surface area contributed by atoms with Gasteiger partial charge in [0.2, 0.25) is 0 Å². The molecule has 2 N–H and O–H groups in total. The minimum Gasteiger partial charge on any atom is -0.313 e. The Labute approximate surface area is 157 Å². The molecule has 2 atom stereocenters. The lowest BCUT2D eigenvalue weighted by Crippen LogP contribution is -2.23. The average Bonchev–Trinajstić information content (AvgIpc) is 3.40. The number of rotatable bonds is 2. The summed E-state index contributed by atoms with van der Waals surface area (Å²) < 4.78 is 13.2. The summed E-state index contributed by atoms with van der Waals surface area (Å²) in [5.74, 6) is 5.88. The smallest absolute Gasteiger partial charge is 0.313 e. The Balaban J connectivity index is 1.60. The quantitative estimate of drug-likeness (QED) is 0.666. The maximum Gasteiger partial charge on any atom is 0.325 e. The van der Waals surface area contributed by atoms with Crippen molar-refractivity contribution in [2.24, 2.45) is 5.92 Å². The maximum absolute atomic E-state index is 13.2. The highest BCUT2D eigenvalue weighted by Crippen LogP contribution is 2.49. The second kappa shape index (κ2) is 6.82. The van der Waals surface area contributed by atoms with Gasteiger partial charge in [0.1, 0.15) is 11.5 Å². The number of aromatic nitrogens is 4. The van der Waals surface area contributed by atoms with E-state index in [4.69, 9.17) is 11.6 Å². The Morgan fingerprint density at radius 1 is 1.22 bits per heavy atom. The van der Waals surface area contributed by atoms with Gasteiger partial charge in [0.15, 0.2) is 5.15 Å². The van der Waals surface area contributed by atoms with Gasteiger partial charge >= 0.3 is 5.69 Å². The Hall–Kier alpha value is -3.24. The number of nitrogens with one attached hydrogen (secondary N) is 2. The van der Waals surface area contributed by atoms with Gasteiger partial charge in [0, 0.05) is 23.6 Å². The molecule has 2 aromatic heterocycles. The number of benzene rings is 1. The van der Waals surface area contributed by atoms with E-state index in [0.29, 0.717) is 11.3 Å². The Bertz CT molecular complexity index is 1210. The van der Waals surface area contributed by atoms with Gasteiger partial charge in [-0.3, -0.25) is 9.78 Å². The zero-order chi connectivity index (χ0) is 19.0. The molecular formula is C19H12ClFN4O2. The number of halogens is 2. The molecule has 2 heterocycles. The first-order chi connectivity index (χ1) is 13.0. The molecule has 6 nitrogen and oxygen atoms in total. The summed E-state index contributed by atoms with van der Waals surface area (Å²) >= 11 is 6.17. The van der Waals surface area contributed by atoms with Gasteiger partial charge in [-0.1, -0.05) is 29.5 Å². The van der Waals surface area contributed by atoms with Crippen molar-refractivity contribution in [3.63, 3.8) is 0 Å². The van der Waals surface area contributed by atoms with Crippen LogP contribution in [0, 0.1) is 23.6 Å². The molecule has 8 heteroatoms. The third kappa shape index (κ3) is 3.66. The molecule has 3 aromatic rings. The van der Waals surface area contributed by atoms with Crippen LogP contribution in [-0.4, -0.2) is 20.2 Å². The van der Waals surface area contributed by atoms with Crippen LogP contribution in [0.15, 0.2) is 46.1 Å². The van der Waals surface area contributed by atoms with Crippen molar-refractivity contribution in [3.8, 4) is 23.1 Å². The lowest BCUT2D eigenvalue weighted by molar-refractivity contribution is 0.627. The molecule has 1 aliphatic rings. The van der Waals surface area contributed by atoms with Crippen LogP contribution < -0.4 is 11.2 Å². The number of nitrogens with zero attached hydrogens (tertiary/aromatic N) is 2. The minimum absolute atomic E-state index is 0.0645. The van der Waals surface area contributed by atoms with Gasteiger partial charge in [0.25, 0.3) is 5.56 Å². The van der Waals surface area contributed by atoms with Crippen molar-refractivity contribution >= 4 is 11.6 Å². The second-order valence-corrected chi connectivity index (χ2v) is 6.55. The van der Waals surface area contributed by atoms with Crippen LogP contribution in [0.2, 0.25) is 5.15 Å². The van der Waals surface area contributed by atoms with Crippen LogP contribution in [0.4, 0.5) is 4.39 Å². The Morgan fingerprint density at radius 3 is 2.85 bits per heavy atom. The first kappa shape index (κ1) is 17.2. The monoisotopic (exact) mass is 382 g/mol. The minimum atomic E-state index is -0.597. The number of H-pyrrole nitrogens is 2. The molecule has 0 radical (unpaired) electrons. The molecule has 134 valence electrons. The summed E-state index contributed by atoms with van der Waals surface area (Å²) in [6.45, 7) is 0. The fourth-order valence-corrected chi connectivity index (χ4v) is 3.06. The predicted octanol–water partition coefficient (Wildman–Crippen LogP) is 2.47. The molecule has 0 spiro atoms. The van der Waals surface area contributed by atoms with E-state index in [1.165, 1.54) is 18.3 Å². The molecule has 1 aliphatic carbocycles.